The summed E-state index contributed by atoms with van der Waals surface area (Å²) in [4.78, 5) is 27.6. The van der Waals surface area contributed by atoms with E-state index in [1.54, 1.807) is 4.90 Å². The Balaban J connectivity index is 2.31. The van der Waals surface area contributed by atoms with Crippen molar-refractivity contribution in [3.8, 4) is 12.3 Å². The number of hydrogen-bond donors (Lipinski definition) is 1. The first-order chi connectivity index (χ1) is 13.0. The van der Waals surface area contributed by atoms with E-state index in [1.807, 2.05) is 41.5 Å². The van der Waals surface area contributed by atoms with Gasteiger partial charge in [0.2, 0.25) is 0 Å². The molecule has 0 unspecified atom stereocenters. The number of carboxylic acids is 1. The molecule has 1 N–H and O–H groups in total. The summed E-state index contributed by atoms with van der Waals surface area (Å²) < 4.78 is 5.46. The number of carboxylic acid groups (broad SMARTS) is 1. The van der Waals surface area contributed by atoms with Crippen LogP contribution in [-0.4, -0.2) is 53.8 Å². The molecule has 1 fully saturated rings. The summed E-state index contributed by atoms with van der Waals surface area (Å²) >= 11 is 0. The molecule has 0 saturated carbocycles. The molecule has 1 amide bonds. The van der Waals surface area contributed by atoms with Gasteiger partial charge in [-0.1, -0.05) is 5.92 Å². The van der Waals surface area contributed by atoms with Crippen LogP contribution < -0.4 is 4.90 Å². The molecule has 0 bridgehead atoms. The van der Waals surface area contributed by atoms with Crippen molar-refractivity contribution in [2.24, 2.45) is 0 Å². The minimum Gasteiger partial charge on any atom is -0.481 e. The molecule has 0 aliphatic carbocycles. The lowest BCUT2D eigenvalue weighted by atomic mass is 9.89. The smallest absolute Gasteiger partial charge is 0.410 e. The molecular formula is C22H30N2O4. The number of carbonyl (C=O) groups excluding carboxylic acids is 1. The van der Waals surface area contributed by atoms with Crippen LogP contribution in [0.4, 0.5) is 10.5 Å². The third-order valence-electron chi connectivity index (χ3n) is 5.09. The summed E-state index contributed by atoms with van der Waals surface area (Å²) in [5.74, 6) is 1.86. The number of terminal acetylenes is 1. The molecule has 1 aromatic rings. The van der Waals surface area contributed by atoms with E-state index in [2.05, 4.69) is 10.8 Å². The number of carbonyl (C=O) groups is 2. The monoisotopic (exact) mass is 386 g/mol. The molecule has 1 heterocycles. The topological polar surface area (TPSA) is 70.1 Å². The van der Waals surface area contributed by atoms with Gasteiger partial charge in [0.1, 0.15) is 5.60 Å². The zero-order valence-electron chi connectivity index (χ0n) is 17.7. The number of hydrogen-bond acceptors (Lipinski definition) is 4. The minimum absolute atomic E-state index is 0.0580. The van der Waals surface area contributed by atoms with Gasteiger partial charge in [-0.05, 0) is 63.8 Å². The van der Waals surface area contributed by atoms with E-state index in [1.165, 1.54) is 0 Å². The summed E-state index contributed by atoms with van der Waals surface area (Å²) in [5, 5.41) is 9.32. The number of amides is 1. The Hall–Kier alpha value is -2.68. The van der Waals surface area contributed by atoms with Gasteiger partial charge >= 0.3 is 12.1 Å². The highest BCUT2D eigenvalue weighted by Gasteiger charge is 2.28. The summed E-state index contributed by atoms with van der Waals surface area (Å²) in [5.41, 5.74) is 4.78. The van der Waals surface area contributed by atoms with Crippen LogP contribution in [0.2, 0.25) is 0 Å². The van der Waals surface area contributed by atoms with Gasteiger partial charge in [0.15, 0.2) is 0 Å². The zero-order chi connectivity index (χ0) is 21.2. The Bertz CT molecular complexity index is 823. The quantitative estimate of drug-likeness (QED) is 0.808. The lowest BCUT2D eigenvalue weighted by molar-refractivity contribution is -0.136. The predicted octanol–water partition coefficient (Wildman–Crippen LogP) is 3.28. The second-order valence-corrected chi connectivity index (χ2v) is 8.25. The molecule has 1 aliphatic heterocycles. The van der Waals surface area contributed by atoms with Crippen LogP contribution in [0.25, 0.3) is 0 Å². The van der Waals surface area contributed by atoms with Gasteiger partial charge in [0.25, 0.3) is 0 Å². The Kier molecular flexibility index (Phi) is 6.28. The number of rotatable bonds is 3. The normalized spacial score (nSPS) is 14.6. The second kappa shape index (κ2) is 8.14. The highest BCUT2D eigenvalue weighted by atomic mass is 16.6. The predicted molar refractivity (Wildman–Crippen MR) is 110 cm³/mol. The van der Waals surface area contributed by atoms with Crippen molar-refractivity contribution in [1.29, 1.82) is 0 Å². The number of anilines is 1. The van der Waals surface area contributed by atoms with Crippen LogP contribution in [0.15, 0.2) is 0 Å². The summed E-state index contributed by atoms with van der Waals surface area (Å²) in [6.45, 7) is 13.7. The van der Waals surface area contributed by atoms with E-state index < -0.39 is 11.6 Å². The number of benzene rings is 1. The van der Waals surface area contributed by atoms with Gasteiger partial charge in [0, 0.05) is 37.4 Å². The van der Waals surface area contributed by atoms with Crippen molar-refractivity contribution in [3.05, 3.63) is 27.8 Å². The van der Waals surface area contributed by atoms with E-state index in [-0.39, 0.29) is 12.5 Å². The summed E-state index contributed by atoms with van der Waals surface area (Å²) in [6, 6.07) is 0. The lowest BCUT2D eigenvalue weighted by Gasteiger charge is -2.38. The van der Waals surface area contributed by atoms with Crippen LogP contribution in [-0.2, 0) is 16.0 Å². The molecule has 0 spiro atoms. The van der Waals surface area contributed by atoms with E-state index >= 15 is 0 Å². The Morgan fingerprint density at radius 1 is 1.07 bits per heavy atom. The molecule has 6 heteroatoms. The van der Waals surface area contributed by atoms with Gasteiger partial charge in [-0.3, -0.25) is 4.79 Å². The highest BCUT2D eigenvalue weighted by Crippen LogP contribution is 2.34. The molecule has 28 heavy (non-hydrogen) atoms. The molecule has 152 valence electrons. The van der Waals surface area contributed by atoms with E-state index in [4.69, 9.17) is 11.2 Å². The van der Waals surface area contributed by atoms with Crippen molar-refractivity contribution < 1.29 is 19.4 Å². The average Bonchev–Trinajstić information content (AvgIpc) is 2.58. The van der Waals surface area contributed by atoms with Crippen molar-refractivity contribution in [2.75, 3.05) is 31.1 Å². The zero-order valence-corrected chi connectivity index (χ0v) is 17.7. The van der Waals surface area contributed by atoms with Crippen LogP contribution >= 0.6 is 0 Å². The number of nitrogens with zero attached hydrogens (tertiary/aromatic N) is 2. The van der Waals surface area contributed by atoms with Crippen LogP contribution in [0.5, 0.6) is 0 Å². The molecule has 0 aromatic heterocycles. The standard InChI is InChI=1S/C22H30N2O4/c1-8-17-14(2)18(13-19(25)26)16(4)20(15(17)3)23-9-11-24(12-10-23)21(27)28-22(5,6)7/h1H,9-13H2,2-7H3,(H,25,26). The van der Waals surface area contributed by atoms with Gasteiger partial charge < -0.3 is 19.6 Å². The first-order valence-electron chi connectivity index (χ1n) is 9.50. The molecule has 0 radical (unpaired) electrons. The molecule has 6 nitrogen and oxygen atoms in total. The van der Waals surface area contributed by atoms with E-state index in [0.29, 0.717) is 26.2 Å². The van der Waals surface area contributed by atoms with Gasteiger partial charge in [0.05, 0.1) is 6.42 Å². The minimum atomic E-state index is -0.876. The van der Waals surface area contributed by atoms with Crippen LogP contribution in [0.1, 0.15) is 48.6 Å². The molecule has 2 rings (SSSR count). The molecular weight excluding hydrogens is 356 g/mol. The van der Waals surface area contributed by atoms with E-state index in [0.717, 1.165) is 33.5 Å². The van der Waals surface area contributed by atoms with Crippen LogP contribution in [0.3, 0.4) is 0 Å². The molecule has 0 atom stereocenters. The van der Waals surface area contributed by atoms with Crippen molar-refractivity contribution >= 4 is 17.7 Å². The van der Waals surface area contributed by atoms with Crippen molar-refractivity contribution in [3.63, 3.8) is 0 Å². The molecule has 1 aromatic carbocycles. The number of aliphatic carboxylic acids is 1. The highest BCUT2D eigenvalue weighted by molar-refractivity contribution is 5.77. The summed E-state index contributed by atoms with van der Waals surface area (Å²) in [7, 11) is 0. The fourth-order valence-corrected chi connectivity index (χ4v) is 3.80. The Labute approximate surface area is 167 Å². The number of piperazine rings is 1. The fourth-order valence-electron chi connectivity index (χ4n) is 3.80. The molecule has 1 saturated heterocycles. The third-order valence-corrected chi connectivity index (χ3v) is 5.09. The fraction of sp³-hybridized carbons (Fsp3) is 0.545. The second-order valence-electron chi connectivity index (χ2n) is 8.25. The van der Waals surface area contributed by atoms with Gasteiger partial charge in [-0.15, -0.1) is 6.42 Å². The molecule has 1 aliphatic rings. The van der Waals surface area contributed by atoms with Gasteiger partial charge in [-0.2, -0.15) is 0 Å². The van der Waals surface area contributed by atoms with Crippen molar-refractivity contribution in [2.45, 2.75) is 53.6 Å². The maximum Gasteiger partial charge on any atom is 0.410 e. The van der Waals surface area contributed by atoms with Crippen molar-refractivity contribution in [1.82, 2.24) is 4.90 Å². The maximum absolute atomic E-state index is 12.3. The van der Waals surface area contributed by atoms with E-state index in [9.17, 15) is 14.7 Å². The third kappa shape index (κ3) is 4.59. The SMILES string of the molecule is C#Cc1c(C)c(CC(=O)O)c(C)c(N2CCN(C(=O)OC(C)(C)C)CC2)c1C. The first kappa shape index (κ1) is 21.6. The van der Waals surface area contributed by atoms with Gasteiger partial charge in [-0.25, -0.2) is 4.79 Å². The Morgan fingerprint density at radius 3 is 2.11 bits per heavy atom. The number of ether oxygens (including phenoxy) is 1. The van der Waals surface area contributed by atoms with Crippen LogP contribution in [0, 0.1) is 33.1 Å². The largest absolute Gasteiger partial charge is 0.481 e. The average molecular weight is 386 g/mol. The first-order valence-corrected chi connectivity index (χ1v) is 9.50. The lowest BCUT2D eigenvalue weighted by Crippen LogP contribution is -2.50. The Morgan fingerprint density at radius 2 is 1.64 bits per heavy atom. The maximum atomic E-state index is 12.3. The summed E-state index contributed by atoms with van der Waals surface area (Å²) in [6.07, 6.45) is 5.37.